The van der Waals surface area contributed by atoms with Gasteiger partial charge in [-0.25, -0.2) is 4.98 Å². The lowest BCUT2D eigenvalue weighted by Gasteiger charge is -2.10. The summed E-state index contributed by atoms with van der Waals surface area (Å²) in [6.45, 7) is 0. The highest BCUT2D eigenvalue weighted by molar-refractivity contribution is 7.14. The molecular formula is C23H18ClN3O2S. The minimum atomic E-state index is -0.230. The molecule has 150 valence electrons. The molecule has 2 N–H and O–H groups in total. The van der Waals surface area contributed by atoms with E-state index in [1.54, 1.807) is 25.3 Å². The smallest absolute Gasteiger partial charge is 0.259 e. The van der Waals surface area contributed by atoms with E-state index in [1.807, 2.05) is 60.0 Å². The Labute approximate surface area is 183 Å². The standard InChI is InChI=1S/C23H18ClN3O2S/c1-29-21-11-3-2-10-19(21)22(28)25-17-8-4-6-15(12-17)20-14-30-23(27-20)26-18-9-5-7-16(24)13-18/h2-14H,1H3,(H,25,28)(H,26,27). The van der Waals surface area contributed by atoms with E-state index < -0.39 is 0 Å². The summed E-state index contributed by atoms with van der Waals surface area (Å²) in [6, 6.07) is 22.2. The largest absolute Gasteiger partial charge is 0.496 e. The second-order valence-electron chi connectivity index (χ2n) is 6.41. The third-order valence-electron chi connectivity index (χ3n) is 4.35. The predicted octanol–water partition coefficient (Wildman–Crippen LogP) is 6.47. The molecule has 0 bridgehead atoms. The number of hydrogen-bond donors (Lipinski definition) is 2. The number of para-hydroxylation sites is 1. The fourth-order valence-electron chi connectivity index (χ4n) is 2.94. The summed E-state index contributed by atoms with van der Waals surface area (Å²) in [7, 11) is 1.55. The van der Waals surface area contributed by atoms with Crippen molar-refractivity contribution < 1.29 is 9.53 Å². The minimum absolute atomic E-state index is 0.230. The van der Waals surface area contributed by atoms with Gasteiger partial charge >= 0.3 is 0 Å². The molecule has 4 rings (SSSR count). The molecule has 0 aliphatic heterocycles. The fraction of sp³-hybridized carbons (Fsp3) is 0.0435. The highest BCUT2D eigenvalue weighted by Gasteiger charge is 2.12. The number of nitrogens with zero attached hydrogens (tertiary/aromatic N) is 1. The van der Waals surface area contributed by atoms with Gasteiger partial charge in [-0.2, -0.15) is 0 Å². The van der Waals surface area contributed by atoms with Gasteiger partial charge in [0.1, 0.15) is 5.75 Å². The van der Waals surface area contributed by atoms with Gasteiger partial charge in [0.15, 0.2) is 5.13 Å². The molecular weight excluding hydrogens is 418 g/mol. The van der Waals surface area contributed by atoms with Crippen molar-refractivity contribution >= 4 is 45.4 Å². The van der Waals surface area contributed by atoms with Gasteiger partial charge in [-0.3, -0.25) is 4.79 Å². The van der Waals surface area contributed by atoms with E-state index in [9.17, 15) is 4.79 Å². The molecule has 1 amide bonds. The average molecular weight is 436 g/mol. The normalized spacial score (nSPS) is 10.5. The quantitative estimate of drug-likeness (QED) is 0.364. The molecule has 0 aliphatic carbocycles. The van der Waals surface area contributed by atoms with Crippen molar-refractivity contribution in [3.63, 3.8) is 0 Å². The Morgan fingerprint density at radius 1 is 1.00 bits per heavy atom. The molecule has 3 aromatic carbocycles. The number of rotatable bonds is 6. The summed E-state index contributed by atoms with van der Waals surface area (Å²) >= 11 is 7.53. The molecule has 0 fully saturated rings. The predicted molar refractivity (Wildman–Crippen MR) is 123 cm³/mol. The first-order chi connectivity index (χ1) is 14.6. The summed E-state index contributed by atoms with van der Waals surface area (Å²) in [4.78, 5) is 17.3. The molecule has 1 aromatic heterocycles. The number of methoxy groups -OCH3 is 1. The first kappa shape index (κ1) is 19.9. The Bertz CT molecular complexity index is 1190. The van der Waals surface area contributed by atoms with E-state index in [-0.39, 0.29) is 5.91 Å². The number of aromatic nitrogens is 1. The van der Waals surface area contributed by atoms with Crippen LogP contribution in [0.3, 0.4) is 0 Å². The number of amides is 1. The van der Waals surface area contributed by atoms with E-state index in [1.165, 1.54) is 11.3 Å². The van der Waals surface area contributed by atoms with Gasteiger partial charge in [0.25, 0.3) is 5.91 Å². The van der Waals surface area contributed by atoms with Crippen LogP contribution in [0.2, 0.25) is 5.02 Å². The molecule has 4 aromatic rings. The van der Waals surface area contributed by atoms with Crippen LogP contribution in [0.4, 0.5) is 16.5 Å². The number of hydrogen-bond acceptors (Lipinski definition) is 5. The molecule has 30 heavy (non-hydrogen) atoms. The maximum Gasteiger partial charge on any atom is 0.259 e. The number of benzene rings is 3. The molecule has 7 heteroatoms. The van der Waals surface area contributed by atoms with Crippen molar-refractivity contribution in [3.05, 3.63) is 88.8 Å². The van der Waals surface area contributed by atoms with Crippen LogP contribution in [-0.2, 0) is 0 Å². The molecule has 0 spiro atoms. The first-order valence-electron chi connectivity index (χ1n) is 9.15. The number of thiazole rings is 1. The van der Waals surface area contributed by atoms with E-state index >= 15 is 0 Å². The fourth-order valence-corrected chi connectivity index (χ4v) is 3.87. The third kappa shape index (κ3) is 4.62. The lowest BCUT2D eigenvalue weighted by Crippen LogP contribution is -2.13. The summed E-state index contributed by atoms with van der Waals surface area (Å²) < 4.78 is 5.27. The van der Waals surface area contributed by atoms with Crippen LogP contribution in [0.15, 0.2) is 78.2 Å². The molecule has 1 heterocycles. The van der Waals surface area contributed by atoms with Crippen LogP contribution in [-0.4, -0.2) is 18.0 Å². The van der Waals surface area contributed by atoms with Crippen LogP contribution >= 0.6 is 22.9 Å². The van der Waals surface area contributed by atoms with E-state index in [0.29, 0.717) is 22.0 Å². The van der Waals surface area contributed by atoms with Crippen LogP contribution < -0.4 is 15.4 Å². The first-order valence-corrected chi connectivity index (χ1v) is 10.4. The molecule has 0 aliphatic rings. The topological polar surface area (TPSA) is 63.2 Å². The number of carbonyl (C=O) groups is 1. The zero-order valence-corrected chi connectivity index (χ0v) is 17.6. The van der Waals surface area contributed by atoms with Gasteiger partial charge in [-0.05, 0) is 42.5 Å². The maximum absolute atomic E-state index is 12.7. The molecule has 0 radical (unpaired) electrons. The van der Waals surface area contributed by atoms with Crippen LogP contribution in [0, 0.1) is 0 Å². The second kappa shape index (κ2) is 8.98. The Hall–Kier alpha value is -3.35. The van der Waals surface area contributed by atoms with E-state index in [0.717, 1.165) is 22.1 Å². The van der Waals surface area contributed by atoms with Crippen molar-refractivity contribution in [1.29, 1.82) is 0 Å². The second-order valence-corrected chi connectivity index (χ2v) is 7.70. The number of ether oxygens (including phenoxy) is 1. The minimum Gasteiger partial charge on any atom is -0.496 e. The summed E-state index contributed by atoms with van der Waals surface area (Å²) in [5.41, 5.74) is 3.76. The lowest BCUT2D eigenvalue weighted by molar-refractivity contribution is 0.102. The van der Waals surface area contributed by atoms with Gasteiger partial charge in [0, 0.05) is 27.3 Å². The van der Waals surface area contributed by atoms with Crippen molar-refractivity contribution in [1.82, 2.24) is 4.98 Å². The Balaban J connectivity index is 1.51. The van der Waals surface area contributed by atoms with Crippen LogP contribution in [0.25, 0.3) is 11.3 Å². The molecule has 0 saturated heterocycles. The zero-order chi connectivity index (χ0) is 20.9. The third-order valence-corrected chi connectivity index (χ3v) is 5.34. The Morgan fingerprint density at radius 2 is 1.80 bits per heavy atom. The summed E-state index contributed by atoms with van der Waals surface area (Å²) in [6.07, 6.45) is 0. The number of nitrogens with one attached hydrogen (secondary N) is 2. The molecule has 0 saturated carbocycles. The van der Waals surface area contributed by atoms with Gasteiger partial charge in [0.2, 0.25) is 0 Å². The highest BCUT2D eigenvalue weighted by Crippen LogP contribution is 2.29. The SMILES string of the molecule is COc1ccccc1C(=O)Nc1cccc(-c2csc(Nc3cccc(Cl)c3)n2)c1. The summed E-state index contributed by atoms with van der Waals surface area (Å²) in [5.74, 6) is 0.300. The van der Waals surface area contributed by atoms with Gasteiger partial charge in [0.05, 0.1) is 18.4 Å². The molecule has 0 unspecified atom stereocenters. The van der Waals surface area contributed by atoms with Gasteiger partial charge < -0.3 is 15.4 Å². The highest BCUT2D eigenvalue weighted by atomic mass is 35.5. The molecule has 5 nitrogen and oxygen atoms in total. The Kier molecular flexibility index (Phi) is 5.97. The molecule has 0 atom stereocenters. The van der Waals surface area contributed by atoms with E-state index in [4.69, 9.17) is 16.3 Å². The van der Waals surface area contributed by atoms with Crippen molar-refractivity contribution in [2.45, 2.75) is 0 Å². The monoisotopic (exact) mass is 435 g/mol. The van der Waals surface area contributed by atoms with Gasteiger partial charge in [-0.15, -0.1) is 11.3 Å². The van der Waals surface area contributed by atoms with E-state index in [2.05, 4.69) is 15.6 Å². The number of carbonyl (C=O) groups excluding carboxylic acids is 1. The number of halogens is 1. The number of anilines is 3. The van der Waals surface area contributed by atoms with Crippen LogP contribution in [0.1, 0.15) is 10.4 Å². The van der Waals surface area contributed by atoms with Crippen LogP contribution in [0.5, 0.6) is 5.75 Å². The van der Waals surface area contributed by atoms with Crippen molar-refractivity contribution in [2.75, 3.05) is 17.7 Å². The average Bonchev–Trinajstić information content (AvgIpc) is 3.22. The summed E-state index contributed by atoms with van der Waals surface area (Å²) in [5, 5.41) is 9.57. The van der Waals surface area contributed by atoms with Crippen molar-refractivity contribution in [3.8, 4) is 17.0 Å². The maximum atomic E-state index is 12.7. The van der Waals surface area contributed by atoms with Gasteiger partial charge in [-0.1, -0.05) is 41.9 Å². The Morgan fingerprint density at radius 3 is 2.63 bits per heavy atom. The lowest BCUT2D eigenvalue weighted by atomic mass is 10.1. The zero-order valence-electron chi connectivity index (χ0n) is 16.1. The van der Waals surface area contributed by atoms with Crippen molar-refractivity contribution in [2.24, 2.45) is 0 Å².